The van der Waals surface area contributed by atoms with Crippen molar-refractivity contribution in [2.45, 2.75) is 32.6 Å². The van der Waals surface area contributed by atoms with Gasteiger partial charge in [0.05, 0.1) is 28.8 Å². The molecule has 100 valence electrons. The largest absolute Gasteiger partial charge is 0.359 e. The number of carbonyl (C=O) groups excluding carboxylic acids is 1. The lowest BCUT2D eigenvalue weighted by Gasteiger charge is -2.21. The van der Waals surface area contributed by atoms with Gasteiger partial charge in [0, 0.05) is 12.5 Å². The molecule has 4 nitrogen and oxygen atoms in total. The number of para-hydroxylation sites is 2. The first-order valence-corrected chi connectivity index (χ1v) is 6.38. The van der Waals surface area contributed by atoms with Gasteiger partial charge < -0.3 is 5.32 Å². The molecule has 0 aliphatic rings. The van der Waals surface area contributed by atoms with Crippen LogP contribution in [-0.2, 0) is 16.6 Å². The Labute approximate surface area is 113 Å². The van der Waals surface area contributed by atoms with Crippen molar-refractivity contribution in [1.82, 2.24) is 15.3 Å². The van der Waals surface area contributed by atoms with Gasteiger partial charge in [-0.15, -0.1) is 0 Å². The molecule has 1 aromatic carbocycles. The maximum atomic E-state index is 11.6. The molecule has 0 bridgehead atoms. The summed E-state index contributed by atoms with van der Waals surface area (Å²) in [5.41, 5.74) is 3.20. The molecule has 0 saturated heterocycles. The Bertz CT molecular complexity index is 614. The number of benzene rings is 1. The molecule has 0 spiro atoms. The number of rotatable bonds is 2. The Morgan fingerprint density at radius 1 is 1.16 bits per heavy atom. The third-order valence-corrected chi connectivity index (χ3v) is 2.96. The molecule has 0 saturated carbocycles. The first kappa shape index (κ1) is 13.5. The summed E-state index contributed by atoms with van der Waals surface area (Å²) in [4.78, 5) is 20.9. The second-order valence-corrected chi connectivity index (χ2v) is 5.61. The molecule has 2 aromatic rings. The lowest BCUT2D eigenvalue weighted by Crippen LogP contribution is -2.25. The molecule has 0 atom stereocenters. The zero-order valence-electron chi connectivity index (χ0n) is 11.8. The molecule has 1 aromatic heterocycles. The summed E-state index contributed by atoms with van der Waals surface area (Å²) in [7, 11) is 1.63. The van der Waals surface area contributed by atoms with Gasteiger partial charge in [-0.2, -0.15) is 0 Å². The van der Waals surface area contributed by atoms with Crippen LogP contribution in [0.3, 0.4) is 0 Å². The van der Waals surface area contributed by atoms with Crippen LogP contribution in [0.2, 0.25) is 0 Å². The van der Waals surface area contributed by atoms with Crippen LogP contribution in [0, 0.1) is 0 Å². The summed E-state index contributed by atoms with van der Waals surface area (Å²) in [5, 5.41) is 2.63. The van der Waals surface area contributed by atoms with Crippen LogP contribution >= 0.6 is 0 Å². The first-order chi connectivity index (χ1) is 8.91. The van der Waals surface area contributed by atoms with Crippen molar-refractivity contribution < 1.29 is 4.79 Å². The van der Waals surface area contributed by atoms with E-state index < -0.39 is 0 Å². The molecule has 4 heteroatoms. The topological polar surface area (TPSA) is 54.9 Å². The van der Waals surface area contributed by atoms with E-state index in [1.54, 1.807) is 7.05 Å². The maximum absolute atomic E-state index is 11.6. The molecule has 2 rings (SSSR count). The second kappa shape index (κ2) is 4.96. The van der Waals surface area contributed by atoms with Crippen LogP contribution in [0.15, 0.2) is 24.3 Å². The SMILES string of the molecule is CNC(=O)Cc1nc2ccccc2nc1C(C)(C)C. The molecular weight excluding hydrogens is 238 g/mol. The van der Waals surface area contributed by atoms with E-state index in [9.17, 15) is 4.79 Å². The number of fused-ring (bicyclic) bond motifs is 1. The van der Waals surface area contributed by atoms with Gasteiger partial charge >= 0.3 is 0 Å². The third kappa shape index (κ3) is 2.89. The van der Waals surface area contributed by atoms with Crippen LogP contribution in [0.4, 0.5) is 0 Å². The predicted octanol–water partition coefficient (Wildman–Crippen LogP) is 2.22. The van der Waals surface area contributed by atoms with E-state index >= 15 is 0 Å². The highest BCUT2D eigenvalue weighted by atomic mass is 16.1. The Balaban J connectivity index is 2.60. The average molecular weight is 257 g/mol. The van der Waals surface area contributed by atoms with Crippen molar-refractivity contribution in [3.63, 3.8) is 0 Å². The van der Waals surface area contributed by atoms with Crippen LogP contribution in [0.5, 0.6) is 0 Å². The molecule has 0 aliphatic carbocycles. The fraction of sp³-hybridized carbons (Fsp3) is 0.400. The smallest absolute Gasteiger partial charge is 0.225 e. The van der Waals surface area contributed by atoms with E-state index in [0.717, 1.165) is 22.4 Å². The molecule has 1 amide bonds. The van der Waals surface area contributed by atoms with E-state index in [0.29, 0.717) is 0 Å². The molecule has 1 N–H and O–H groups in total. The lowest BCUT2D eigenvalue weighted by atomic mass is 9.89. The molecule has 0 radical (unpaired) electrons. The average Bonchev–Trinajstić information content (AvgIpc) is 2.36. The fourth-order valence-corrected chi connectivity index (χ4v) is 2.00. The number of hydrogen-bond acceptors (Lipinski definition) is 3. The summed E-state index contributed by atoms with van der Waals surface area (Å²) >= 11 is 0. The molecule has 0 fully saturated rings. The van der Waals surface area contributed by atoms with Crippen LogP contribution < -0.4 is 5.32 Å². The van der Waals surface area contributed by atoms with E-state index in [1.807, 2.05) is 24.3 Å². The number of nitrogens with zero attached hydrogens (tertiary/aromatic N) is 2. The number of hydrogen-bond donors (Lipinski definition) is 1. The van der Waals surface area contributed by atoms with Crippen LogP contribution in [0.1, 0.15) is 32.2 Å². The monoisotopic (exact) mass is 257 g/mol. The molecule has 19 heavy (non-hydrogen) atoms. The van der Waals surface area contributed by atoms with Crippen LogP contribution in [0.25, 0.3) is 11.0 Å². The second-order valence-electron chi connectivity index (χ2n) is 5.61. The minimum absolute atomic E-state index is 0.0462. The minimum atomic E-state index is -0.139. The quantitative estimate of drug-likeness (QED) is 0.897. The Morgan fingerprint density at radius 2 is 1.74 bits per heavy atom. The van der Waals surface area contributed by atoms with Crippen molar-refractivity contribution in [2.75, 3.05) is 7.05 Å². The standard InChI is InChI=1S/C15H19N3O/c1-15(2,3)14-12(9-13(19)16-4)17-10-7-5-6-8-11(10)18-14/h5-8H,9H2,1-4H3,(H,16,19). The van der Waals surface area contributed by atoms with Gasteiger partial charge in [0.15, 0.2) is 0 Å². The summed E-state index contributed by atoms with van der Waals surface area (Å²) < 4.78 is 0. The van der Waals surface area contributed by atoms with Gasteiger partial charge in [-0.1, -0.05) is 32.9 Å². The first-order valence-electron chi connectivity index (χ1n) is 6.38. The third-order valence-electron chi connectivity index (χ3n) is 2.96. The fourth-order valence-electron chi connectivity index (χ4n) is 2.00. The van der Waals surface area contributed by atoms with Crippen molar-refractivity contribution in [1.29, 1.82) is 0 Å². The molecule has 0 unspecified atom stereocenters. The highest BCUT2D eigenvalue weighted by Gasteiger charge is 2.22. The van der Waals surface area contributed by atoms with E-state index in [4.69, 9.17) is 4.98 Å². The van der Waals surface area contributed by atoms with Gasteiger partial charge in [0.1, 0.15) is 0 Å². The van der Waals surface area contributed by atoms with Crippen molar-refractivity contribution >= 4 is 16.9 Å². The number of aromatic nitrogens is 2. The summed E-state index contributed by atoms with van der Waals surface area (Å²) in [5.74, 6) is -0.0462. The normalized spacial score (nSPS) is 11.6. The Kier molecular flexibility index (Phi) is 3.51. The molecular formula is C15H19N3O. The van der Waals surface area contributed by atoms with Crippen molar-refractivity contribution in [3.05, 3.63) is 35.7 Å². The number of nitrogens with one attached hydrogen (secondary N) is 1. The van der Waals surface area contributed by atoms with E-state index in [2.05, 4.69) is 31.1 Å². The van der Waals surface area contributed by atoms with E-state index in [-0.39, 0.29) is 17.7 Å². The Hall–Kier alpha value is -1.97. The van der Waals surface area contributed by atoms with Gasteiger partial charge in [-0.05, 0) is 12.1 Å². The summed E-state index contributed by atoms with van der Waals surface area (Å²) in [6.45, 7) is 6.25. The zero-order chi connectivity index (χ0) is 14.0. The number of amides is 1. The summed E-state index contributed by atoms with van der Waals surface area (Å²) in [6, 6.07) is 7.74. The predicted molar refractivity (Wildman–Crippen MR) is 76.0 cm³/mol. The molecule has 0 aliphatic heterocycles. The van der Waals surface area contributed by atoms with Gasteiger partial charge in [-0.25, -0.2) is 9.97 Å². The summed E-state index contributed by atoms with van der Waals surface area (Å²) in [6.07, 6.45) is 0.265. The number of carbonyl (C=O) groups is 1. The van der Waals surface area contributed by atoms with Gasteiger partial charge in [0.2, 0.25) is 5.91 Å². The van der Waals surface area contributed by atoms with Gasteiger partial charge in [-0.3, -0.25) is 4.79 Å². The Morgan fingerprint density at radius 3 is 2.26 bits per heavy atom. The highest BCUT2D eigenvalue weighted by Crippen LogP contribution is 2.25. The van der Waals surface area contributed by atoms with Crippen LogP contribution in [-0.4, -0.2) is 22.9 Å². The van der Waals surface area contributed by atoms with E-state index in [1.165, 1.54) is 0 Å². The molecule has 1 heterocycles. The van der Waals surface area contributed by atoms with Crippen molar-refractivity contribution in [2.24, 2.45) is 0 Å². The zero-order valence-corrected chi connectivity index (χ0v) is 11.8. The highest BCUT2D eigenvalue weighted by molar-refractivity contribution is 5.80. The lowest BCUT2D eigenvalue weighted by molar-refractivity contribution is -0.120. The maximum Gasteiger partial charge on any atom is 0.225 e. The van der Waals surface area contributed by atoms with Gasteiger partial charge in [0.25, 0.3) is 0 Å². The number of likely N-dealkylation sites (N-methyl/N-ethyl adjacent to an activating group) is 1. The van der Waals surface area contributed by atoms with Crippen molar-refractivity contribution in [3.8, 4) is 0 Å². The minimum Gasteiger partial charge on any atom is -0.359 e.